The lowest BCUT2D eigenvalue weighted by molar-refractivity contribution is -0.112. The van der Waals surface area contributed by atoms with Gasteiger partial charge < -0.3 is 10.4 Å². The Morgan fingerprint density at radius 2 is 1.94 bits per heavy atom. The Morgan fingerprint density at radius 1 is 1.24 bits per heavy atom. The van der Waals surface area contributed by atoms with Crippen LogP contribution in [0.2, 0.25) is 0 Å². The molecule has 5 heteroatoms. The van der Waals surface area contributed by atoms with Gasteiger partial charge in [0.1, 0.15) is 5.75 Å². The first-order valence-electron chi connectivity index (χ1n) is 5.45. The van der Waals surface area contributed by atoms with Gasteiger partial charge in [0.25, 0.3) is 5.24 Å². The molecule has 2 N–H and O–H groups in total. The molecule has 0 radical (unpaired) electrons. The van der Waals surface area contributed by atoms with Crippen LogP contribution in [0.3, 0.4) is 0 Å². The molecule has 1 aromatic carbocycles. The summed E-state index contributed by atoms with van der Waals surface area (Å²) in [5, 5.41) is 11.4. The third-order valence-corrected chi connectivity index (χ3v) is 3.45. The van der Waals surface area contributed by atoms with Gasteiger partial charge in [0.2, 0.25) is 5.12 Å². The molecule has 0 bridgehead atoms. The molecule has 1 fully saturated rings. The lowest BCUT2D eigenvalue weighted by Gasteiger charge is -2.07. The third-order valence-electron chi connectivity index (χ3n) is 2.66. The van der Waals surface area contributed by atoms with E-state index >= 15 is 0 Å². The number of nitrogens with one attached hydrogen (secondary N) is 1. The number of carbonyl (C=O) groups excluding carboxylic acids is 2. The molecule has 1 aromatic rings. The average Bonchev–Trinajstić information content (AvgIpc) is 2.60. The molecule has 4 nitrogen and oxygen atoms in total. The second-order valence-electron chi connectivity index (χ2n) is 3.96. The van der Waals surface area contributed by atoms with E-state index < -0.39 is 0 Å². The predicted octanol–water partition coefficient (Wildman–Crippen LogP) is 2.07. The van der Waals surface area contributed by atoms with Gasteiger partial charge in [0.05, 0.1) is 6.04 Å². The van der Waals surface area contributed by atoms with Crippen LogP contribution in [0.4, 0.5) is 4.79 Å². The maximum atomic E-state index is 11.3. The highest BCUT2D eigenvalue weighted by Gasteiger charge is 2.30. The van der Waals surface area contributed by atoms with Crippen LogP contribution in [-0.4, -0.2) is 21.5 Å². The number of phenols is 1. The minimum absolute atomic E-state index is 0.0827. The number of aryl methyl sites for hydroxylation is 1. The Morgan fingerprint density at radius 3 is 2.53 bits per heavy atom. The van der Waals surface area contributed by atoms with Gasteiger partial charge in [0.15, 0.2) is 0 Å². The van der Waals surface area contributed by atoms with Crippen molar-refractivity contribution in [1.29, 1.82) is 0 Å². The first kappa shape index (κ1) is 12.0. The topological polar surface area (TPSA) is 66.4 Å². The first-order chi connectivity index (χ1) is 8.15. The van der Waals surface area contributed by atoms with Crippen LogP contribution in [0.15, 0.2) is 24.3 Å². The smallest absolute Gasteiger partial charge is 0.287 e. The second kappa shape index (κ2) is 5.23. The van der Waals surface area contributed by atoms with E-state index in [4.69, 9.17) is 5.11 Å². The lowest BCUT2D eigenvalue weighted by Crippen LogP contribution is -2.28. The quantitative estimate of drug-likeness (QED) is 0.859. The van der Waals surface area contributed by atoms with Crippen molar-refractivity contribution in [1.82, 2.24) is 5.32 Å². The lowest BCUT2D eigenvalue weighted by atomic mass is 10.1. The summed E-state index contributed by atoms with van der Waals surface area (Å²) in [6.07, 6.45) is 2.34. The number of thioether (sulfide) groups is 1. The third kappa shape index (κ3) is 3.23. The van der Waals surface area contributed by atoms with E-state index in [9.17, 15) is 9.59 Å². The van der Waals surface area contributed by atoms with Crippen molar-refractivity contribution < 1.29 is 14.7 Å². The van der Waals surface area contributed by atoms with E-state index in [2.05, 4.69) is 5.32 Å². The fourth-order valence-electron chi connectivity index (χ4n) is 1.76. The van der Waals surface area contributed by atoms with Crippen LogP contribution >= 0.6 is 11.8 Å². The van der Waals surface area contributed by atoms with Gasteiger partial charge in [0, 0.05) is 11.8 Å². The minimum atomic E-state index is -0.329. The van der Waals surface area contributed by atoms with Gasteiger partial charge in [-0.3, -0.25) is 9.59 Å². The van der Waals surface area contributed by atoms with Crippen LogP contribution in [0.1, 0.15) is 18.4 Å². The molecule has 1 aliphatic heterocycles. The summed E-state index contributed by atoms with van der Waals surface area (Å²) in [4.78, 5) is 22.3. The molecule has 0 spiro atoms. The van der Waals surface area contributed by atoms with Crippen LogP contribution in [0.5, 0.6) is 5.75 Å². The van der Waals surface area contributed by atoms with Gasteiger partial charge in [-0.25, -0.2) is 0 Å². The van der Waals surface area contributed by atoms with Crippen molar-refractivity contribution in [2.45, 2.75) is 25.3 Å². The Bertz CT molecular complexity index is 430. The van der Waals surface area contributed by atoms with Gasteiger partial charge in [-0.05, 0) is 37.0 Å². The molecular weight excluding hydrogens is 238 g/mol. The highest BCUT2D eigenvalue weighted by atomic mass is 32.2. The molecule has 1 atom stereocenters. The fourth-order valence-corrected chi connectivity index (χ4v) is 2.46. The summed E-state index contributed by atoms with van der Waals surface area (Å²) < 4.78 is 0. The Labute approximate surface area is 103 Å². The number of amides is 1. The Balaban J connectivity index is 1.78. The molecule has 1 heterocycles. The number of benzene rings is 1. The van der Waals surface area contributed by atoms with E-state index in [1.807, 2.05) is 12.1 Å². The normalized spacial score (nSPS) is 19.4. The zero-order valence-electron chi connectivity index (χ0n) is 9.18. The Kier molecular flexibility index (Phi) is 3.68. The number of carbonyl (C=O) groups is 2. The van der Waals surface area contributed by atoms with Gasteiger partial charge in [-0.2, -0.15) is 0 Å². The minimum Gasteiger partial charge on any atom is -0.508 e. The summed E-state index contributed by atoms with van der Waals surface area (Å²) in [6.45, 7) is 0. The number of phenolic OH excluding ortho intramolecular Hbond substituents is 1. The standard InChI is InChI=1S/C12H13NO3S/c14-9-6-4-8(5-7-9)2-1-3-10-11(15)17-12(16)13-10/h4-7,10,14H,1-3H2,(H,13,16). The van der Waals surface area contributed by atoms with Crippen molar-refractivity contribution in [3.05, 3.63) is 29.8 Å². The first-order valence-corrected chi connectivity index (χ1v) is 6.27. The zero-order chi connectivity index (χ0) is 12.3. The van der Waals surface area contributed by atoms with Crippen LogP contribution in [0.25, 0.3) is 0 Å². The number of hydrogen-bond acceptors (Lipinski definition) is 4. The highest BCUT2D eigenvalue weighted by Crippen LogP contribution is 2.20. The SMILES string of the molecule is O=C1NC(CCCc2ccc(O)cc2)C(=O)S1. The van der Waals surface area contributed by atoms with Crippen molar-refractivity contribution in [3.63, 3.8) is 0 Å². The zero-order valence-corrected chi connectivity index (χ0v) is 10.00. The largest absolute Gasteiger partial charge is 0.508 e. The monoisotopic (exact) mass is 251 g/mol. The van der Waals surface area contributed by atoms with Crippen LogP contribution in [-0.2, 0) is 11.2 Å². The van der Waals surface area contributed by atoms with E-state index in [1.54, 1.807) is 12.1 Å². The summed E-state index contributed by atoms with van der Waals surface area (Å²) in [6, 6.07) is 6.68. The van der Waals surface area contributed by atoms with Crippen molar-refractivity contribution in [3.8, 4) is 5.75 Å². The maximum Gasteiger partial charge on any atom is 0.287 e. The molecule has 0 saturated carbocycles. The predicted molar refractivity (Wildman–Crippen MR) is 66.0 cm³/mol. The van der Waals surface area contributed by atoms with Gasteiger partial charge >= 0.3 is 0 Å². The molecule has 1 amide bonds. The molecule has 1 unspecified atom stereocenters. The van der Waals surface area contributed by atoms with Gasteiger partial charge in [-0.1, -0.05) is 12.1 Å². The molecule has 17 heavy (non-hydrogen) atoms. The van der Waals surface area contributed by atoms with Crippen molar-refractivity contribution in [2.75, 3.05) is 0 Å². The van der Waals surface area contributed by atoms with Crippen LogP contribution in [0, 0.1) is 0 Å². The summed E-state index contributed by atoms with van der Waals surface area (Å²) in [7, 11) is 0. The molecule has 90 valence electrons. The second-order valence-corrected chi connectivity index (χ2v) is 4.94. The maximum absolute atomic E-state index is 11.3. The molecule has 1 aliphatic rings. The summed E-state index contributed by atoms with van der Waals surface area (Å²) >= 11 is 0.755. The average molecular weight is 251 g/mol. The van der Waals surface area contributed by atoms with E-state index in [1.165, 1.54) is 0 Å². The van der Waals surface area contributed by atoms with Crippen LogP contribution < -0.4 is 5.32 Å². The molecular formula is C12H13NO3S. The van der Waals surface area contributed by atoms with E-state index in [-0.39, 0.29) is 22.1 Å². The number of hydrogen-bond donors (Lipinski definition) is 2. The molecule has 2 rings (SSSR count). The number of aromatic hydroxyl groups is 1. The highest BCUT2D eigenvalue weighted by molar-refractivity contribution is 8.26. The van der Waals surface area contributed by atoms with Crippen molar-refractivity contribution in [2.24, 2.45) is 0 Å². The molecule has 1 saturated heterocycles. The fraction of sp³-hybridized carbons (Fsp3) is 0.333. The number of rotatable bonds is 4. The molecule has 0 aromatic heterocycles. The van der Waals surface area contributed by atoms with Crippen molar-refractivity contribution >= 4 is 22.1 Å². The van der Waals surface area contributed by atoms with E-state index in [0.717, 1.165) is 30.2 Å². The summed E-state index contributed by atoms with van der Waals surface area (Å²) in [5.74, 6) is 0.253. The summed E-state index contributed by atoms with van der Waals surface area (Å²) in [5.41, 5.74) is 1.12. The van der Waals surface area contributed by atoms with E-state index in [0.29, 0.717) is 6.42 Å². The molecule has 0 aliphatic carbocycles. The van der Waals surface area contributed by atoms with Gasteiger partial charge in [-0.15, -0.1) is 0 Å². The Hall–Kier alpha value is -1.49.